The van der Waals surface area contributed by atoms with Crippen molar-refractivity contribution in [1.82, 2.24) is 15.1 Å². The number of carbonyl (C=O) groups is 2. The third-order valence-electron chi connectivity index (χ3n) is 4.75. The molecule has 132 valence electrons. The molecule has 25 heavy (non-hydrogen) atoms. The normalized spacial score (nSPS) is 15.9. The van der Waals surface area contributed by atoms with Crippen LogP contribution >= 0.6 is 0 Å². The van der Waals surface area contributed by atoms with Gasteiger partial charge in [-0.1, -0.05) is 50.1 Å². The zero-order valence-corrected chi connectivity index (χ0v) is 14.3. The van der Waals surface area contributed by atoms with Gasteiger partial charge in [0.2, 0.25) is 0 Å². The van der Waals surface area contributed by atoms with E-state index in [-0.39, 0.29) is 12.5 Å². The van der Waals surface area contributed by atoms with Crippen LogP contribution in [0.25, 0.3) is 11.3 Å². The predicted molar refractivity (Wildman–Crippen MR) is 94.3 cm³/mol. The molecule has 1 aromatic heterocycles. The molecule has 0 saturated heterocycles. The second-order valence-electron chi connectivity index (χ2n) is 6.61. The maximum atomic E-state index is 12.6. The predicted octanol–water partition coefficient (Wildman–Crippen LogP) is 3.12. The van der Waals surface area contributed by atoms with E-state index in [0.29, 0.717) is 11.6 Å². The van der Waals surface area contributed by atoms with Crippen LogP contribution in [-0.4, -0.2) is 33.3 Å². The highest BCUT2D eigenvalue weighted by atomic mass is 16.4. The second-order valence-corrected chi connectivity index (χ2v) is 6.61. The van der Waals surface area contributed by atoms with Gasteiger partial charge in [-0.3, -0.25) is 14.3 Å². The summed E-state index contributed by atoms with van der Waals surface area (Å²) in [5.74, 6) is -1.84. The van der Waals surface area contributed by atoms with Crippen molar-refractivity contribution >= 4 is 11.9 Å². The Balaban J connectivity index is 1.91. The van der Waals surface area contributed by atoms with Gasteiger partial charge in [-0.05, 0) is 12.8 Å². The zero-order valence-electron chi connectivity index (χ0n) is 14.3. The van der Waals surface area contributed by atoms with E-state index in [1.54, 1.807) is 13.1 Å². The van der Waals surface area contributed by atoms with Crippen molar-refractivity contribution in [2.75, 3.05) is 6.54 Å². The number of carboxylic acids is 1. The van der Waals surface area contributed by atoms with Crippen molar-refractivity contribution in [3.05, 3.63) is 42.1 Å². The average Bonchev–Trinajstić information content (AvgIpc) is 3.28. The fraction of sp³-hybridized carbons (Fsp3) is 0.421. The molecule has 3 rings (SSSR count). The van der Waals surface area contributed by atoms with Gasteiger partial charge in [0.05, 0.1) is 29.4 Å². The number of carboxylic acid groups (broad SMARTS) is 1. The highest BCUT2D eigenvalue weighted by Gasteiger charge is 2.26. The van der Waals surface area contributed by atoms with Gasteiger partial charge in [0, 0.05) is 12.1 Å². The van der Waals surface area contributed by atoms with E-state index in [4.69, 9.17) is 5.11 Å². The molecule has 0 spiro atoms. The summed E-state index contributed by atoms with van der Waals surface area (Å²) in [7, 11) is 0. The monoisotopic (exact) mass is 341 g/mol. The van der Waals surface area contributed by atoms with Crippen LogP contribution in [0.1, 0.15) is 49.0 Å². The van der Waals surface area contributed by atoms with Gasteiger partial charge in [0.25, 0.3) is 5.91 Å². The molecule has 1 unspecified atom stereocenters. The molecule has 0 aliphatic heterocycles. The summed E-state index contributed by atoms with van der Waals surface area (Å²) < 4.78 is 1.97. The van der Waals surface area contributed by atoms with Crippen LogP contribution in [0.3, 0.4) is 0 Å². The minimum Gasteiger partial charge on any atom is -0.481 e. The van der Waals surface area contributed by atoms with E-state index in [1.807, 2.05) is 35.0 Å². The molecule has 1 aromatic carbocycles. The first kappa shape index (κ1) is 17.2. The molecule has 1 atom stereocenters. The van der Waals surface area contributed by atoms with Crippen molar-refractivity contribution in [2.24, 2.45) is 5.92 Å². The van der Waals surface area contributed by atoms with E-state index in [2.05, 4.69) is 10.4 Å². The number of hydrogen-bond acceptors (Lipinski definition) is 3. The van der Waals surface area contributed by atoms with E-state index in [1.165, 1.54) is 12.8 Å². The number of aliphatic carboxylic acids is 1. The summed E-state index contributed by atoms with van der Waals surface area (Å²) >= 11 is 0. The summed E-state index contributed by atoms with van der Waals surface area (Å²) in [6.07, 6.45) is 6.09. The van der Waals surface area contributed by atoms with Crippen molar-refractivity contribution in [1.29, 1.82) is 0 Å². The third kappa shape index (κ3) is 3.73. The molecular formula is C19H23N3O3. The summed E-state index contributed by atoms with van der Waals surface area (Å²) in [5, 5.41) is 16.2. The minimum absolute atomic E-state index is 0.0943. The maximum absolute atomic E-state index is 12.6. The summed E-state index contributed by atoms with van der Waals surface area (Å²) in [5.41, 5.74) is 2.26. The Labute approximate surface area is 146 Å². The van der Waals surface area contributed by atoms with Crippen LogP contribution in [0.4, 0.5) is 0 Å². The Kier molecular flexibility index (Phi) is 5.16. The first-order valence-corrected chi connectivity index (χ1v) is 8.72. The molecule has 2 aromatic rings. The number of amides is 1. The highest BCUT2D eigenvalue weighted by molar-refractivity contribution is 6.00. The molecule has 2 N–H and O–H groups in total. The minimum atomic E-state index is -0.926. The van der Waals surface area contributed by atoms with Gasteiger partial charge in [0.15, 0.2) is 0 Å². The summed E-state index contributed by atoms with van der Waals surface area (Å²) in [4.78, 5) is 23.6. The molecule has 1 saturated carbocycles. The standard InChI is InChI=1S/C19H23N3O3/c1-13(19(24)25)11-20-18(23)16-12-21-22(15-9-5-6-10-15)17(16)14-7-3-2-4-8-14/h2-4,7-8,12-13,15H,5-6,9-11H2,1H3,(H,20,23)(H,24,25). The highest BCUT2D eigenvalue weighted by Crippen LogP contribution is 2.34. The van der Waals surface area contributed by atoms with E-state index >= 15 is 0 Å². The number of nitrogens with one attached hydrogen (secondary N) is 1. The SMILES string of the molecule is CC(CNC(=O)c1cnn(C2CCCC2)c1-c1ccccc1)C(=O)O. The molecule has 0 radical (unpaired) electrons. The lowest BCUT2D eigenvalue weighted by Crippen LogP contribution is -2.31. The first-order valence-electron chi connectivity index (χ1n) is 8.72. The smallest absolute Gasteiger partial charge is 0.308 e. The maximum Gasteiger partial charge on any atom is 0.308 e. The molecule has 1 fully saturated rings. The number of aromatic nitrogens is 2. The third-order valence-corrected chi connectivity index (χ3v) is 4.75. The Morgan fingerprint density at radius 2 is 1.96 bits per heavy atom. The lowest BCUT2D eigenvalue weighted by atomic mass is 10.1. The van der Waals surface area contributed by atoms with Crippen LogP contribution in [-0.2, 0) is 4.79 Å². The Bertz CT molecular complexity index is 749. The van der Waals surface area contributed by atoms with Crippen LogP contribution in [0.15, 0.2) is 36.5 Å². The van der Waals surface area contributed by atoms with Gasteiger partial charge in [0.1, 0.15) is 0 Å². The molecule has 6 heteroatoms. The summed E-state index contributed by atoms with van der Waals surface area (Å²) in [6.45, 7) is 1.67. The number of carbonyl (C=O) groups excluding carboxylic acids is 1. The van der Waals surface area contributed by atoms with Crippen LogP contribution in [0.2, 0.25) is 0 Å². The molecule has 1 aliphatic rings. The molecule has 1 aliphatic carbocycles. The van der Waals surface area contributed by atoms with E-state index in [9.17, 15) is 9.59 Å². The largest absolute Gasteiger partial charge is 0.481 e. The van der Waals surface area contributed by atoms with E-state index in [0.717, 1.165) is 24.1 Å². The van der Waals surface area contributed by atoms with Crippen LogP contribution in [0.5, 0.6) is 0 Å². The zero-order chi connectivity index (χ0) is 17.8. The topological polar surface area (TPSA) is 84.2 Å². The molecule has 1 heterocycles. The van der Waals surface area contributed by atoms with Crippen LogP contribution < -0.4 is 5.32 Å². The number of hydrogen-bond donors (Lipinski definition) is 2. The van der Waals surface area contributed by atoms with Gasteiger partial charge in [-0.25, -0.2) is 0 Å². The lowest BCUT2D eigenvalue weighted by molar-refractivity contribution is -0.140. The van der Waals surface area contributed by atoms with Gasteiger partial charge in [-0.2, -0.15) is 5.10 Å². The molecule has 0 bridgehead atoms. The quantitative estimate of drug-likeness (QED) is 0.845. The Morgan fingerprint density at radius 1 is 1.28 bits per heavy atom. The van der Waals surface area contributed by atoms with Gasteiger partial charge < -0.3 is 10.4 Å². The molecule has 1 amide bonds. The van der Waals surface area contributed by atoms with Crippen molar-refractivity contribution < 1.29 is 14.7 Å². The Hall–Kier alpha value is -2.63. The van der Waals surface area contributed by atoms with Crippen molar-refractivity contribution in [2.45, 2.75) is 38.6 Å². The van der Waals surface area contributed by atoms with Gasteiger partial charge >= 0.3 is 5.97 Å². The average molecular weight is 341 g/mol. The number of rotatable bonds is 6. The second kappa shape index (κ2) is 7.51. The van der Waals surface area contributed by atoms with Crippen molar-refractivity contribution in [3.8, 4) is 11.3 Å². The number of nitrogens with zero attached hydrogens (tertiary/aromatic N) is 2. The van der Waals surface area contributed by atoms with E-state index < -0.39 is 11.9 Å². The first-order chi connectivity index (χ1) is 12.1. The van der Waals surface area contributed by atoms with Crippen molar-refractivity contribution in [3.63, 3.8) is 0 Å². The Morgan fingerprint density at radius 3 is 2.60 bits per heavy atom. The summed E-state index contributed by atoms with van der Waals surface area (Å²) in [6, 6.07) is 10.1. The molecule has 6 nitrogen and oxygen atoms in total. The fourth-order valence-corrected chi connectivity index (χ4v) is 3.27. The fourth-order valence-electron chi connectivity index (χ4n) is 3.27. The lowest BCUT2D eigenvalue weighted by Gasteiger charge is -2.16. The van der Waals surface area contributed by atoms with Gasteiger partial charge in [-0.15, -0.1) is 0 Å². The van der Waals surface area contributed by atoms with Crippen LogP contribution in [0, 0.1) is 5.92 Å². The molecular weight excluding hydrogens is 318 g/mol. The number of benzene rings is 1.